The highest BCUT2D eigenvalue weighted by molar-refractivity contribution is 6.30. The van der Waals surface area contributed by atoms with Gasteiger partial charge >= 0.3 is 0 Å². The minimum absolute atomic E-state index is 0.126. The molecule has 4 aromatic rings. The molecule has 3 saturated heterocycles. The van der Waals surface area contributed by atoms with E-state index >= 15 is 0 Å². The topological polar surface area (TPSA) is 86.0 Å². The van der Waals surface area contributed by atoms with Crippen molar-refractivity contribution in [2.24, 2.45) is 0 Å². The van der Waals surface area contributed by atoms with Crippen molar-refractivity contribution < 1.29 is 9.90 Å². The number of fused-ring (bicyclic) bond motifs is 1. The van der Waals surface area contributed by atoms with Crippen LogP contribution in [0.25, 0.3) is 5.65 Å². The Morgan fingerprint density at radius 3 is 2.42 bits per heavy atom. The van der Waals surface area contributed by atoms with Gasteiger partial charge in [-0.15, -0.1) is 0 Å². The number of carbonyl (C=O) groups is 1. The molecule has 3 aliphatic rings. The monoisotopic (exact) mass is 598 g/mol. The lowest BCUT2D eigenvalue weighted by molar-refractivity contribution is 0.0118. The van der Waals surface area contributed by atoms with E-state index in [1.54, 1.807) is 0 Å². The molecule has 0 aliphatic carbocycles. The smallest absolute Gasteiger partial charge is 0.253 e. The minimum Gasteiger partial charge on any atom is -0.385 e. The van der Waals surface area contributed by atoms with Crippen LogP contribution >= 0.6 is 11.6 Å². The largest absolute Gasteiger partial charge is 0.385 e. The number of hydrogen-bond acceptors (Lipinski definition) is 6. The Labute approximate surface area is 257 Å². The fourth-order valence-corrected chi connectivity index (χ4v) is 7.37. The molecule has 9 heteroatoms. The van der Waals surface area contributed by atoms with Crippen LogP contribution in [0.4, 0.5) is 5.69 Å². The van der Waals surface area contributed by atoms with E-state index in [9.17, 15) is 9.90 Å². The normalized spacial score (nSPS) is 22.3. The molecule has 0 bridgehead atoms. The molecule has 0 saturated carbocycles. The van der Waals surface area contributed by atoms with Gasteiger partial charge in [-0.3, -0.25) is 4.79 Å². The molecule has 3 aliphatic heterocycles. The molecule has 1 atom stereocenters. The van der Waals surface area contributed by atoms with Crippen molar-refractivity contribution in [2.45, 2.75) is 62.5 Å². The molecule has 5 heterocycles. The van der Waals surface area contributed by atoms with Crippen molar-refractivity contribution in [3.63, 3.8) is 0 Å². The first-order chi connectivity index (χ1) is 20.9. The van der Waals surface area contributed by atoms with Crippen LogP contribution in [0.5, 0.6) is 0 Å². The Hall–Kier alpha value is -3.46. The number of aromatic nitrogens is 3. The number of likely N-dealkylation sites (tertiary alicyclic amines) is 1. The van der Waals surface area contributed by atoms with E-state index in [1.165, 1.54) is 12.8 Å². The van der Waals surface area contributed by atoms with Crippen LogP contribution in [-0.2, 0) is 12.0 Å². The number of rotatable bonds is 5. The first-order valence-corrected chi connectivity index (χ1v) is 16.0. The van der Waals surface area contributed by atoms with Gasteiger partial charge in [-0.2, -0.15) is 5.10 Å². The van der Waals surface area contributed by atoms with E-state index < -0.39 is 5.60 Å². The summed E-state index contributed by atoms with van der Waals surface area (Å²) in [6.07, 6.45) is 9.49. The lowest BCUT2D eigenvalue weighted by Crippen LogP contribution is -2.42. The second-order valence-corrected chi connectivity index (χ2v) is 13.0. The highest BCUT2D eigenvalue weighted by Crippen LogP contribution is 2.36. The van der Waals surface area contributed by atoms with Crippen LogP contribution in [0.3, 0.4) is 0 Å². The third kappa shape index (κ3) is 5.76. The summed E-state index contributed by atoms with van der Waals surface area (Å²) in [5, 5.41) is 20.5. The number of benzene rings is 2. The quantitative estimate of drug-likeness (QED) is 0.328. The molecule has 43 heavy (non-hydrogen) atoms. The zero-order valence-corrected chi connectivity index (χ0v) is 25.3. The Morgan fingerprint density at radius 2 is 1.67 bits per heavy atom. The molecule has 2 aromatic carbocycles. The first kappa shape index (κ1) is 28.3. The summed E-state index contributed by atoms with van der Waals surface area (Å²) in [6.45, 7) is 4.18. The molecule has 1 spiro atoms. The van der Waals surface area contributed by atoms with E-state index in [-0.39, 0.29) is 11.4 Å². The lowest BCUT2D eigenvalue weighted by atomic mass is 9.84. The van der Waals surface area contributed by atoms with Gasteiger partial charge in [-0.1, -0.05) is 35.9 Å². The molecular formula is C34H39ClN6O2. The SMILES string of the molecule is O=C(c1ccc(Cc2nc3c(N4CCC(O)(c5ccc(Cl)cc5)CC4)cccn3n2)cc1)N1CCCC2(CCCN2)CC1. The van der Waals surface area contributed by atoms with Crippen molar-refractivity contribution >= 4 is 28.8 Å². The molecule has 1 unspecified atom stereocenters. The summed E-state index contributed by atoms with van der Waals surface area (Å²) in [5.74, 6) is 0.865. The number of nitrogens with zero attached hydrogens (tertiary/aromatic N) is 5. The van der Waals surface area contributed by atoms with E-state index in [2.05, 4.69) is 16.3 Å². The van der Waals surface area contributed by atoms with Crippen LogP contribution in [0, 0.1) is 0 Å². The predicted octanol–water partition coefficient (Wildman–Crippen LogP) is 5.21. The number of aliphatic hydroxyl groups is 1. The summed E-state index contributed by atoms with van der Waals surface area (Å²) in [6, 6.07) is 19.5. The number of carbonyl (C=O) groups excluding carboxylic acids is 1. The van der Waals surface area contributed by atoms with Gasteiger partial charge in [-0.25, -0.2) is 9.50 Å². The Morgan fingerprint density at radius 1 is 0.907 bits per heavy atom. The summed E-state index contributed by atoms with van der Waals surface area (Å²) >= 11 is 6.06. The molecule has 0 radical (unpaired) electrons. The second kappa shape index (κ2) is 11.6. The van der Waals surface area contributed by atoms with E-state index in [0.29, 0.717) is 37.4 Å². The fourth-order valence-electron chi connectivity index (χ4n) is 7.25. The maximum atomic E-state index is 13.3. The minimum atomic E-state index is -0.860. The van der Waals surface area contributed by atoms with Crippen LogP contribution in [0.2, 0.25) is 5.02 Å². The molecule has 3 fully saturated rings. The molecular weight excluding hydrogens is 560 g/mol. The van der Waals surface area contributed by atoms with Gasteiger partial charge in [0.15, 0.2) is 11.5 Å². The van der Waals surface area contributed by atoms with Gasteiger partial charge in [0.25, 0.3) is 5.91 Å². The van der Waals surface area contributed by atoms with Crippen molar-refractivity contribution in [3.05, 3.63) is 94.4 Å². The maximum absolute atomic E-state index is 13.3. The summed E-state index contributed by atoms with van der Waals surface area (Å²) in [5.41, 5.74) is 3.95. The average molecular weight is 599 g/mol. The second-order valence-electron chi connectivity index (χ2n) is 12.5. The zero-order valence-electron chi connectivity index (χ0n) is 24.5. The van der Waals surface area contributed by atoms with Crippen molar-refractivity contribution in [1.82, 2.24) is 24.8 Å². The molecule has 2 N–H and O–H groups in total. The van der Waals surface area contributed by atoms with Crippen LogP contribution in [0.1, 0.15) is 72.3 Å². The highest BCUT2D eigenvalue weighted by atomic mass is 35.5. The van der Waals surface area contributed by atoms with Crippen LogP contribution in [-0.4, -0.2) is 68.8 Å². The molecule has 2 aromatic heterocycles. The van der Waals surface area contributed by atoms with Gasteiger partial charge in [-0.05, 0) is 99.0 Å². The standard InChI is InChI=1S/C34H39ClN6O2/c35-28-11-9-27(10-12-28)34(43)16-22-39(23-17-34)29-4-1-20-41-31(29)37-30(38-41)24-25-5-7-26(8-6-25)32(42)40-19-3-14-33(15-21-40)13-2-18-36-33/h1,4-12,20,36,43H,2-3,13-19,21-24H2. The first-order valence-electron chi connectivity index (χ1n) is 15.6. The van der Waals surface area contributed by atoms with Gasteiger partial charge in [0.2, 0.25) is 0 Å². The van der Waals surface area contributed by atoms with Crippen molar-refractivity contribution in [2.75, 3.05) is 37.6 Å². The van der Waals surface area contributed by atoms with E-state index in [0.717, 1.165) is 72.7 Å². The molecule has 7 rings (SSSR count). The van der Waals surface area contributed by atoms with Gasteiger partial charge in [0.1, 0.15) is 0 Å². The number of hydrogen-bond donors (Lipinski definition) is 2. The molecule has 1 amide bonds. The van der Waals surface area contributed by atoms with Gasteiger partial charge in [0, 0.05) is 54.9 Å². The van der Waals surface area contributed by atoms with Gasteiger partial charge < -0.3 is 20.2 Å². The predicted molar refractivity (Wildman–Crippen MR) is 169 cm³/mol. The lowest BCUT2D eigenvalue weighted by Gasteiger charge is -2.39. The number of halogens is 1. The Bertz CT molecular complexity index is 1590. The van der Waals surface area contributed by atoms with Crippen LogP contribution in [0.15, 0.2) is 66.9 Å². The van der Waals surface area contributed by atoms with E-state index in [1.807, 2.05) is 70.2 Å². The third-order valence-corrected chi connectivity index (χ3v) is 10.1. The number of piperidine rings is 1. The maximum Gasteiger partial charge on any atom is 0.253 e. The van der Waals surface area contributed by atoms with Crippen molar-refractivity contribution in [3.8, 4) is 0 Å². The average Bonchev–Trinajstić information content (AvgIpc) is 3.60. The fraction of sp³-hybridized carbons (Fsp3) is 0.441. The van der Waals surface area contributed by atoms with Crippen LogP contribution < -0.4 is 10.2 Å². The Kier molecular flexibility index (Phi) is 7.61. The van der Waals surface area contributed by atoms with Crippen molar-refractivity contribution in [1.29, 1.82) is 0 Å². The number of nitrogens with one attached hydrogen (secondary N) is 1. The summed E-state index contributed by atoms with van der Waals surface area (Å²) in [4.78, 5) is 22.5. The van der Waals surface area contributed by atoms with Gasteiger partial charge in [0.05, 0.1) is 11.3 Å². The number of amides is 1. The summed E-state index contributed by atoms with van der Waals surface area (Å²) in [7, 11) is 0. The summed E-state index contributed by atoms with van der Waals surface area (Å²) < 4.78 is 1.84. The molecule has 8 nitrogen and oxygen atoms in total. The van der Waals surface area contributed by atoms with E-state index in [4.69, 9.17) is 21.7 Å². The number of pyridine rings is 1. The zero-order chi connectivity index (χ0) is 29.4. The Balaban J connectivity index is 1.01. The highest BCUT2D eigenvalue weighted by Gasteiger charge is 2.36. The number of anilines is 1. The third-order valence-electron chi connectivity index (χ3n) is 9.82. The molecule has 224 valence electrons.